The third-order valence-electron chi connectivity index (χ3n) is 2.70. The van der Waals surface area contributed by atoms with Crippen LogP contribution in [0.15, 0.2) is 49.2 Å². The molecule has 0 aliphatic carbocycles. The van der Waals surface area contributed by atoms with Gasteiger partial charge in [-0.25, -0.2) is 0 Å². The van der Waals surface area contributed by atoms with E-state index in [1.165, 1.54) is 11.8 Å². The van der Waals surface area contributed by atoms with Crippen LogP contribution in [-0.4, -0.2) is 10.2 Å². The van der Waals surface area contributed by atoms with Crippen molar-refractivity contribution < 1.29 is 4.42 Å². The lowest BCUT2D eigenvalue weighted by Crippen LogP contribution is -2.05. The maximum atomic E-state index is 12.2. The van der Waals surface area contributed by atoms with E-state index in [9.17, 15) is 4.79 Å². The standard InChI is InChI=1S/C13H10BrNO2S/c1-2-18-11-7-10(16)12-13(17-11)9(14)6-8-4-3-5-15(8)12/h3-7H,2H2,1H3. The molecule has 92 valence electrons. The summed E-state index contributed by atoms with van der Waals surface area (Å²) in [6.45, 7) is 2.03. The summed E-state index contributed by atoms with van der Waals surface area (Å²) in [5.74, 6) is 0.873. The Morgan fingerprint density at radius 2 is 2.28 bits per heavy atom. The average molecular weight is 324 g/mol. The molecule has 0 bridgehead atoms. The summed E-state index contributed by atoms with van der Waals surface area (Å²) in [7, 11) is 0. The number of hydrogen-bond donors (Lipinski definition) is 0. The van der Waals surface area contributed by atoms with Crippen molar-refractivity contribution in [2.24, 2.45) is 0 Å². The predicted octanol–water partition coefficient (Wildman–Crippen LogP) is 3.92. The molecule has 0 aliphatic rings. The van der Waals surface area contributed by atoms with Gasteiger partial charge in [0.2, 0.25) is 5.43 Å². The molecular formula is C13H10BrNO2S. The van der Waals surface area contributed by atoms with Crippen molar-refractivity contribution in [2.45, 2.75) is 12.0 Å². The molecule has 0 amide bonds. The van der Waals surface area contributed by atoms with Gasteiger partial charge in [0, 0.05) is 17.8 Å². The van der Waals surface area contributed by atoms with E-state index in [1.807, 2.05) is 35.7 Å². The summed E-state index contributed by atoms with van der Waals surface area (Å²) in [5, 5.41) is 0.655. The highest BCUT2D eigenvalue weighted by molar-refractivity contribution is 9.10. The molecule has 0 unspecified atom stereocenters. The molecule has 0 saturated carbocycles. The van der Waals surface area contributed by atoms with Gasteiger partial charge in [-0.3, -0.25) is 4.79 Å². The maximum absolute atomic E-state index is 12.2. The fourth-order valence-electron chi connectivity index (χ4n) is 1.98. The zero-order valence-electron chi connectivity index (χ0n) is 9.64. The molecule has 3 aromatic heterocycles. The number of hydrogen-bond acceptors (Lipinski definition) is 3. The van der Waals surface area contributed by atoms with Crippen LogP contribution in [0.1, 0.15) is 6.92 Å². The van der Waals surface area contributed by atoms with Gasteiger partial charge in [-0.2, -0.15) is 0 Å². The Hall–Kier alpha value is -1.20. The Labute approximate surface area is 116 Å². The Balaban J connectivity index is 2.47. The number of fused-ring (bicyclic) bond motifs is 3. The number of nitrogens with zero attached hydrogens (tertiary/aromatic N) is 1. The smallest absolute Gasteiger partial charge is 0.210 e. The number of thioether (sulfide) groups is 1. The molecule has 0 saturated heterocycles. The second-order valence-electron chi connectivity index (χ2n) is 3.84. The van der Waals surface area contributed by atoms with Gasteiger partial charge in [0.1, 0.15) is 5.52 Å². The van der Waals surface area contributed by atoms with Gasteiger partial charge in [-0.1, -0.05) is 18.7 Å². The summed E-state index contributed by atoms with van der Waals surface area (Å²) < 4.78 is 8.44. The zero-order valence-corrected chi connectivity index (χ0v) is 12.0. The van der Waals surface area contributed by atoms with E-state index in [2.05, 4.69) is 15.9 Å². The normalized spacial score (nSPS) is 11.4. The van der Waals surface area contributed by atoms with Crippen LogP contribution in [0.25, 0.3) is 16.6 Å². The second kappa shape index (κ2) is 4.48. The van der Waals surface area contributed by atoms with Crippen molar-refractivity contribution in [1.29, 1.82) is 0 Å². The lowest BCUT2D eigenvalue weighted by molar-refractivity contribution is 0.497. The van der Waals surface area contributed by atoms with Crippen molar-refractivity contribution in [3.05, 3.63) is 45.2 Å². The molecular weight excluding hydrogens is 314 g/mol. The van der Waals surface area contributed by atoms with E-state index in [0.29, 0.717) is 16.2 Å². The van der Waals surface area contributed by atoms with Crippen LogP contribution in [0.3, 0.4) is 0 Å². The highest BCUT2D eigenvalue weighted by atomic mass is 79.9. The Kier molecular flexibility index (Phi) is 2.95. The van der Waals surface area contributed by atoms with Crippen LogP contribution in [-0.2, 0) is 0 Å². The van der Waals surface area contributed by atoms with Gasteiger partial charge in [0.15, 0.2) is 10.7 Å². The first-order valence-corrected chi connectivity index (χ1v) is 7.35. The summed E-state index contributed by atoms with van der Waals surface area (Å²) >= 11 is 4.99. The topological polar surface area (TPSA) is 34.6 Å². The third kappa shape index (κ3) is 1.78. The highest BCUT2D eigenvalue weighted by Crippen LogP contribution is 2.28. The molecule has 0 N–H and O–H groups in total. The molecule has 0 spiro atoms. The minimum Gasteiger partial charge on any atom is -0.447 e. The van der Waals surface area contributed by atoms with Crippen molar-refractivity contribution >= 4 is 44.3 Å². The number of rotatable bonds is 2. The molecule has 3 heterocycles. The Bertz CT molecular complexity index is 791. The summed E-state index contributed by atoms with van der Waals surface area (Å²) in [6, 6.07) is 7.38. The van der Waals surface area contributed by atoms with Gasteiger partial charge in [0.05, 0.1) is 4.47 Å². The van der Waals surface area contributed by atoms with E-state index in [-0.39, 0.29) is 5.43 Å². The third-order valence-corrected chi connectivity index (χ3v) is 4.06. The highest BCUT2D eigenvalue weighted by Gasteiger charge is 2.12. The van der Waals surface area contributed by atoms with Crippen LogP contribution in [0, 0.1) is 0 Å². The van der Waals surface area contributed by atoms with Crippen LogP contribution in [0.2, 0.25) is 0 Å². The van der Waals surface area contributed by atoms with Crippen molar-refractivity contribution in [2.75, 3.05) is 5.75 Å². The van der Waals surface area contributed by atoms with Crippen LogP contribution >= 0.6 is 27.7 Å². The summed E-state index contributed by atoms with van der Waals surface area (Å²) in [5.41, 5.74) is 2.12. The van der Waals surface area contributed by atoms with Gasteiger partial charge < -0.3 is 8.82 Å². The summed E-state index contributed by atoms with van der Waals surface area (Å²) in [6.07, 6.45) is 1.87. The van der Waals surface area contributed by atoms with E-state index in [1.54, 1.807) is 6.07 Å². The fourth-order valence-corrected chi connectivity index (χ4v) is 3.10. The minimum atomic E-state index is -0.0188. The molecule has 0 radical (unpaired) electrons. The van der Waals surface area contributed by atoms with E-state index in [4.69, 9.17) is 4.42 Å². The SMILES string of the molecule is CCSc1cc(=O)c2c(o1)c(Br)cc1cccn12. The number of pyridine rings is 1. The molecule has 0 aliphatic heterocycles. The first-order chi connectivity index (χ1) is 8.70. The molecule has 18 heavy (non-hydrogen) atoms. The number of aromatic nitrogens is 1. The molecule has 0 aromatic carbocycles. The van der Waals surface area contributed by atoms with Crippen LogP contribution < -0.4 is 5.43 Å². The minimum absolute atomic E-state index is 0.0188. The van der Waals surface area contributed by atoms with Crippen molar-refractivity contribution in [3.63, 3.8) is 0 Å². The van der Waals surface area contributed by atoms with Crippen LogP contribution in [0.4, 0.5) is 0 Å². The molecule has 3 aromatic rings. The fraction of sp³-hybridized carbons (Fsp3) is 0.154. The lowest BCUT2D eigenvalue weighted by Gasteiger charge is -2.06. The van der Waals surface area contributed by atoms with E-state index < -0.39 is 0 Å². The Morgan fingerprint density at radius 1 is 1.44 bits per heavy atom. The predicted molar refractivity (Wildman–Crippen MR) is 77.5 cm³/mol. The molecule has 0 fully saturated rings. The molecule has 3 nitrogen and oxygen atoms in total. The van der Waals surface area contributed by atoms with Gasteiger partial charge in [0.25, 0.3) is 0 Å². The largest absolute Gasteiger partial charge is 0.447 e. The monoisotopic (exact) mass is 323 g/mol. The quantitative estimate of drug-likeness (QED) is 0.670. The first-order valence-electron chi connectivity index (χ1n) is 5.57. The van der Waals surface area contributed by atoms with Gasteiger partial charge in [-0.15, -0.1) is 0 Å². The summed E-state index contributed by atoms with van der Waals surface area (Å²) in [4.78, 5) is 12.2. The second-order valence-corrected chi connectivity index (χ2v) is 5.96. The van der Waals surface area contributed by atoms with Crippen LogP contribution in [0.5, 0.6) is 0 Å². The zero-order chi connectivity index (χ0) is 12.7. The molecule has 5 heteroatoms. The average Bonchev–Trinajstić information content (AvgIpc) is 2.77. The van der Waals surface area contributed by atoms with Crippen molar-refractivity contribution in [3.8, 4) is 0 Å². The first kappa shape index (κ1) is 11.9. The van der Waals surface area contributed by atoms with Gasteiger partial charge >= 0.3 is 0 Å². The van der Waals surface area contributed by atoms with Crippen molar-refractivity contribution in [1.82, 2.24) is 4.40 Å². The number of halogens is 1. The Morgan fingerprint density at radius 3 is 3.06 bits per heavy atom. The van der Waals surface area contributed by atoms with E-state index in [0.717, 1.165) is 15.7 Å². The molecule has 3 rings (SSSR count). The van der Waals surface area contributed by atoms with Gasteiger partial charge in [-0.05, 0) is 39.9 Å². The molecule has 0 atom stereocenters. The lowest BCUT2D eigenvalue weighted by atomic mass is 10.3. The maximum Gasteiger partial charge on any atom is 0.210 e. The van der Waals surface area contributed by atoms with E-state index >= 15 is 0 Å².